The molecule has 0 bridgehead atoms. The van der Waals surface area contributed by atoms with Crippen LogP contribution < -0.4 is 0 Å². The van der Waals surface area contributed by atoms with Crippen molar-refractivity contribution >= 4 is 5.84 Å². The second kappa shape index (κ2) is 2.71. The number of likely N-dealkylation sites (tertiary alicyclic amines) is 1. The minimum Gasteiger partial charge on any atom is -0.409 e. The highest BCUT2D eigenvalue weighted by molar-refractivity contribution is 5.81. The van der Waals surface area contributed by atoms with Gasteiger partial charge in [-0.15, -0.1) is 0 Å². The van der Waals surface area contributed by atoms with Crippen LogP contribution in [0.1, 0.15) is 19.3 Å². The van der Waals surface area contributed by atoms with E-state index in [9.17, 15) is 0 Å². The SMILES string of the molecule is CN1CCCCC1=NO. The monoisotopic (exact) mass is 128 g/mol. The van der Waals surface area contributed by atoms with Gasteiger partial charge in [-0.2, -0.15) is 0 Å². The maximum Gasteiger partial charge on any atom is 0.144 e. The van der Waals surface area contributed by atoms with Gasteiger partial charge in [0.1, 0.15) is 5.84 Å². The molecule has 0 radical (unpaired) electrons. The van der Waals surface area contributed by atoms with Crippen molar-refractivity contribution in [3.05, 3.63) is 0 Å². The van der Waals surface area contributed by atoms with E-state index in [0.717, 1.165) is 25.2 Å². The summed E-state index contributed by atoms with van der Waals surface area (Å²) < 4.78 is 0. The van der Waals surface area contributed by atoms with E-state index in [1.807, 2.05) is 11.9 Å². The van der Waals surface area contributed by atoms with Crippen LogP contribution in [-0.2, 0) is 0 Å². The highest BCUT2D eigenvalue weighted by Crippen LogP contribution is 2.08. The van der Waals surface area contributed by atoms with Gasteiger partial charge in [0, 0.05) is 20.0 Å². The number of rotatable bonds is 0. The number of amidine groups is 1. The molecule has 1 fully saturated rings. The van der Waals surface area contributed by atoms with Crippen LogP contribution in [0.25, 0.3) is 0 Å². The Morgan fingerprint density at radius 1 is 1.56 bits per heavy atom. The highest BCUT2D eigenvalue weighted by atomic mass is 16.4. The molecule has 0 aliphatic carbocycles. The van der Waals surface area contributed by atoms with Crippen molar-refractivity contribution in [3.63, 3.8) is 0 Å². The third-order valence-electron chi connectivity index (χ3n) is 1.70. The summed E-state index contributed by atoms with van der Waals surface area (Å²) in [6, 6.07) is 0. The summed E-state index contributed by atoms with van der Waals surface area (Å²) in [5.41, 5.74) is 0. The molecule has 0 aromatic heterocycles. The molecule has 3 nitrogen and oxygen atoms in total. The van der Waals surface area contributed by atoms with Gasteiger partial charge in [0.15, 0.2) is 0 Å². The van der Waals surface area contributed by atoms with Crippen LogP contribution in [0.3, 0.4) is 0 Å². The molecule has 1 N–H and O–H groups in total. The highest BCUT2D eigenvalue weighted by Gasteiger charge is 2.11. The Kier molecular flexibility index (Phi) is 1.92. The summed E-state index contributed by atoms with van der Waals surface area (Å²) in [4.78, 5) is 1.99. The van der Waals surface area contributed by atoms with Crippen molar-refractivity contribution in [1.29, 1.82) is 0 Å². The van der Waals surface area contributed by atoms with E-state index in [4.69, 9.17) is 5.21 Å². The van der Waals surface area contributed by atoms with E-state index in [0.29, 0.717) is 0 Å². The lowest BCUT2D eigenvalue weighted by Crippen LogP contribution is -2.31. The van der Waals surface area contributed by atoms with Crippen LogP contribution in [0.4, 0.5) is 0 Å². The average Bonchev–Trinajstić information content (AvgIpc) is 1.89. The first-order valence-electron chi connectivity index (χ1n) is 3.26. The predicted molar refractivity (Wildman–Crippen MR) is 35.7 cm³/mol. The van der Waals surface area contributed by atoms with Gasteiger partial charge in [0.2, 0.25) is 0 Å². The molecule has 9 heavy (non-hydrogen) atoms. The fraction of sp³-hybridized carbons (Fsp3) is 0.833. The first-order chi connectivity index (χ1) is 4.34. The molecule has 0 saturated carbocycles. The number of oxime groups is 1. The Morgan fingerprint density at radius 3 is 2.78 bits per heavy atom. The summed E-state index contributed by atoms with van der Waals surface area (Å²) in [5.74, 6) is 0.821. The zero-order valence-electron chi connectivity index (χ0n) is 5.67. The molecule has 1 rings (SSSR count). The van der Waals surface area contributed by atoms with E-state index in [1.165, 1.54) is 6.42 Å². The van der Waals surface area contributed by atoms with Crippen LogP contribution in [0.15, 0.2) is 5.16 Å². The van der Waals surface area contributed by atoms with Gasteiger partial charge >= 0.3 is 0 Å². The van der Waals surface area contributed by atoms with E-state index in [2.05, 4.69) is 5.16 Å². The molecule has 0 unspecified atom stereocenters. The summed E-state index contributed by atoms with van der Waals surface area (Å²) in [6.45, 7) is 1.03. The van der Waals surface area contributed by atoms with Crippen LogP contribution in [0.5, 0.6) is 0 Å². The Bertz CT molecular complexity index is 122. The molecule has 0 aromatic rings. The standard InChI is InChI=1S/C6H12N2O/c1-8-5-3-2-4-6(8)7-9/h9H,2-5H2,1H3. The molecule has 1 aliphatic rings. The lowest BCUT2D eigenvalue weighted by atomic mass is 10.1. The maximum absolute atomic E-state index is 8.41. The molecule has 1 heterocycles. The molecule has 0 amide bonds. The molecule has 1 aliphatic heterocycles. The third kappa shape index (κ3) is 1.34. The zero-order valence-corrected chi connectivity index (χ0v) is 5.67. The molecule has 1 saturated heterocycles. The van der Waals surface area contributed by atoms with Crippen LogP contribution in [0, 0.1) is 0 Å². The van der Waals surface area contributed by atoms with Crippen molar-refractivity contribution in [3.8, 4) is 0 Å². The van der Waals surface area contributed by atoms with Crippen LogP contribution in [0.2, 0.25) is 0 Å². The van der Waals surface area contributed by atoms with Crippen LogP contribution >= 0.6 is 0 Å². The normalized spacial score (nSPS) is 25.0. The topological polar surface area (TPSA) is 35.8 Å². The van der Waals surface area contributed by atoms with Crippen molar-refractivity contribution in [1.82, 2.24) is 4.90 Å². The summed E-state index contributed by atoms with van der Waals surface area (Å²) in [5, 5.41) is 11.6. The molecule has 0 atom stereocenters. The van der Waals surface area contributed by atoms with Crippen molar-refractivity contribution < 1.29 is 5.21 Å². The van der Waals surface area contributed by atoms with E-state index < -0.39 is 0 Å². The number of hydrogen-bond acceptors (Lipinski definition) is 2. The number of piperidine rings is 1. The predicted octanol–water partition coefficient (Wildman–Crippen LogP) is 0.890. The lowest BCUT2D eigenvalue weighted by Gasteiger charge is -2.24. The number of hydrogen-bond donors (Lipinski definition) is 1. The minimum atomic E-state index is 0.821. The van der Waals surface area contributed by atoms with Gasteiger partial charge in [0.05, 0.1) is 0 Å². The van der Waals surface area contributed by atoms with Gasteiger partial charge in [0.25, 0.3) is 0 Å². The molecule has 0 spiro atoms. The lowest BCUT2D eigenvalue weighted by molar-refractivity contribution is 0.296. The number of nitrogens with zero attached hydrogens (tertiary/aromatic N) is 2. The van der Waals surface area contributed by atoms with E-state index in [1.54, 1.807) is 0 Å². The van der Waals surface area contributed by atoms with Crippen molar-refractivity contribution in [2.45, 2.75) is 19.3 Å². The van der Waals surface area contributed by atoms with Gasteiger partial charge in [-0.3, -0.25) is 0 Å². The zero-order chi connectivity index (χ0) is 6.69. The van der Waals surface area contributed by atoms with Gasteiger partial charge < -0.3 is 10.1 Å². The molecular weight excluding hydrogens is 116 g/mol. The second-order valence-electron chi connectivity index (χ2n) is 2.39. The molecule has 52 valence electrons. The smallest absolute Gasteiger partial charge is 0.144 e. The molecule has 3 heteroatoms. The Labute approximate surface area is 55.0 Å². The van der Waals surface area contributed by atoms with Gasteiger partial charge in [-0.1, -0.05) is 5.16 Å². The minimum absolute atomic E-state index is 0.821. The summed E-state index contributed by atoms with van der Waals surface area (Å²) in [6.07, 6.45) is 3.30. The van der Waals surface area contributed by atoms with E-state index in [-0.39, 0.29) is 0 Å². The van der Waals surface area contributed by atoms with Crippen molar-refractivity contribution in [2.24, 2.45) is 5.16 Å². The fourth-order valence-electron chi connectivity index (χ4n) is 1.08. The average molecular weight is 128 g/mol. The molecule has 0 aromatic carbocycles. The molecular formula is C6H12N2O. The van der Waals surface area contributed by atoms with E-state index >= 15 is 0 Å². The maximum atomic E-state index is 8.41. The van der Waals surface area contributed by atoms with Crippen molar-refractivity contribution in [2.75, 3.05) is 13.6 Å². The third-order valence-corrected chi connectivity index (χ3v) is 1.70. The summed E-state index contributed by atoms with van der Waals surface area (Å²) >= 11 is 0. The fourth-order valence-corrected chi connectivity index (χ4v) is 1.08. The Hall–Kier alpha value is -0.730. The Morgan fingerprint density at radius 2 is 2.33 bits per heavy atom. The summed E-state index contributed by atoms with van der Waals surface area (Å²) in [7, 11) is 1.95. The first kappa shape index (κ1) is 6.39. The van der Waals surface area contributed by atoms with Crippen LogP contribution in [-0.4, -0.2) is 29.5 Å². The quantitative estimate of drug-likeness (QED) is 0.388. The largest absolute Gasteiger partial charge is 0.409 e. The first-order valence-corrected chi connectivity index (χ1v) is 3.26. The second-order valence-corrected chi connectivity index (χ2v) is 2.39. The Balaban J connectivity index is 2.49. The van der Waals surface area contributed by atoms with Gasteiger partial charge in [-0.25, -0.2) is 0 Å². The van der Waals surface area contributed by atoms with Gasteiger partial charge in [-0.05, 0) is 12.8 Å².